The number of aromatic nitrogens is 3. The van der Waals surface area contributed by atoms with E-state index in [4.69, 9.17) is 0 Å². The quantitative estimate of drug-likeness (QED) is 0.174. The number of para-hydroxylation sites is 4. The first kappa shape index (κ1) is 30.1. The zero-order valence-corrected chi connectivity index (χ0v) is 29.9. The van der Waals surface area contributed by atoms with Crippen LogP contribution in [0.3, 0.4) is 0 Å². The number of benzene rings is 9. The fraction of sp³-hybridized carbons (Fsp3) is 0. The molecule has 55 heavy (non-hydrogen) atoms. The smallest absolute Gasteiger partial charge is 0.0788 e. The van der Waals surface area contributed by atoms with Crippen LogP contribution in [0.15, 0.2) is 200 Å². The van der Waals surface area contributed by atoms with E-state index in [1.807, 2.05) is 0 Å². The maximum Gasteiger partial charge on any atom is 0.0788 e. The van der Waals surface area contributed by atoms with E-state index in [0.717, 1.165) is 11.4 Å². The van der Waals surface area contributed by atoms with E-state index in [2.05, 4.69) is 214 Å². The van der Waals surface area contributed by atoms with Gasteiger partial charge in [0.05, 0.1) is 38.8 Å². The highest BCUT2D eigenvalue weighted by atomic mass is 15.0. The highest BCUT2D eigenvalue weighted by Crippen LogP contribution is 2.42. The normalized spacial score (nSPS) is 12.0. The Morgan fingerprint density at radius 1 is 0.255 bits per heavy atom. The van der Waals surface area contributed by atoms with E-state index in [-0.39, 0.29) is 0 Å². The summed E-state index contributed by atoms with van der Waals surface area (Å²) in [5.41, 5.74) is 13.2. The van der Waals surface area contributed by atoms with Crippen molar-refractivity contribution < 1.29 is 0 Å². The van der Waals surface area contributed by atoms with Crippen molar-refractivity contribution in [2.24, 2.45) is 0 Å². The number of hydrogen-bond acceptors (Lipinski definition) is 0. The SMILES string of the molecule is c1ccc(-n2c3ccccc3c3ccc4c5ccccc5n(-c5ccc(-c6ccc7c(c6)c6ccccc6n7-c6cccc7ccccc67)cc5)c4c32)cc1. The van der Waals surface area contributed by atoms with Crippen LogP contribution < -0.4 is 0 Å². The Morgan fingerprint density at radius 2 is 0.727 bits per heavy atom. The van der Waals surface area contributed by atoms with Crippen LogP contribution in [-0.2, 0) is 0 Å². The van der Waals surface area contributed by atoms with Crippen molar-refractivity contribution in [1.82, 2.24) is 13.7 Å². The summed E-state index contributed by atoms with van der Waals surface area (Å²) in [6, 6.07) is 73.1. The lowest BCUT2D eigenvalue weighted by Crippen LogP contribution is -1.98. The maximum absolute atomic E-state index is 2.47. The third-order valence-corrected chi connectivity index (χ3v) is 11.6. The van der Waals surface area contributed by atoms with Gasteiger partial charge in [-0.1, -0.05) is 140 Å². The summed E-state index contributed by atoms with van der Waals surface area (Å²) < 4.78 is 7.34. The number of nitrogens with zero attached hydrogens (tertiary/aromatic N) is 3. The zero-order valence-electron chi connectivity index (χ0n) is 29.9. The molecule has 3 heteroatoms. The highest BCUT2D eigenvalue weighted by molar-refractivity contribution is 6.24. The van der Waals surface area contributed by atoms with Crippen LogP contribution in [0.25, 0.3) is 104 Å². The third-order valence-electron chi connectivity index (χ3n) is 11.6. The van der Waals surface area contributed by atoms with Crippen LogP contribution in [0.5, 0.6) is 0 Å². The topological polar surface area (TPSA) is 14.8 Å². The van der Waals surface area contributed by atoms with E-state index in [9.17, 15) is 0 Å². The van der Waals surface area contributed by atoms with Gasteiger partial charge < -0.3 is 13.7 Å². The summed E-state index contributed by atoms with van der Waals surface area (Å²) in [6.45, 7) is 0. The standard InChI is InChI=1S/C52H33N3/c1-2-15-37(16-3-1)53-47-21-9-6-18-40(47)43-30-31-44-41-19-7-10-22-48(41)54(52(44)51(43)53)38-28-25-34(26-29-38)36-27-32-50-45(33-36)42-20-8-11-23-49(42)55(50)46-24-12-14-35-13-4-5-17-39(35)46/h1-33H. The van der Waals surface area contributed by atoms with Gasteiger partial charge in [0.2, 0.25) is 0 Å². The minimum atomic E-state index is 1.14. The first-order chi connectivity index (χ1) is 27.3. The van der Waals surface area contributed by atoms with Gasteiger partial charge in [-0.25, -0.2) is 0 Å². The molecule has 0 spiro atoms. The Balaban J connectivity index is 1.06. The summed E-state index contributed by atoms with van der Waals surface area (Å²) in [4.78, 5) is 0. The van der Waals surface area contributed by atoms with E-state index < -0.39 is 0 Å². The van der Waals surface area contributed by atoms with Gasteiger partial charge in [-0.05, 0) is 77.2 Å². The molecule has 0 radical (unpaired) electrons. The Morgan fingerprint density at radius 3 is 1.38 bits per heavy atom. The summed E-state index contributed by atoms with van der Waals surface area (Å²) in [6.07, 6.45) is 0. The molecule has 0 saturated heterocycles. The Hall–Kier alpha value is -7.36. The predicted molar refractivity (Wildman–Crippen MR) is 232 cm³/mol. The second-order valence-electron chi connectivity index (χ2n) is 14.5. The van der Waals surface area contributed by atoms with Crippen LogP contribution in [0, 0.1) is 0 Å². The minimum Gasteiger partial charge on any atom is -0.309 e. The number of rotatable bonds is 4. The van der Waals surface area contributed by atoms with Gasteiger partial charge in [0.15, 0.2) is 0 Å². The molecule has 0 aliphatic heterocycles. The van der Waals surface area contributed by atoms with Crippen molar-refractivity contribution >= 4 is 76.2 Å². The molecule has 0 amide bonds. The molecular formula is C52H33N3. The second kappa shape index (κ2) is 11.6. The average molecular weight is 700 g/mol. The Labute approximate surface area is 317 Å². The highest BCUT2D eigenvalue weighted by Gasteiger charge is 2.21. The maximum atomic E-state index is 2.47. The van der Waals surface area contributed by atoms with Gasteiger partial charge >= 0.3 is 0 Å². The Kier molecular flexibility index (Phi) is 6.34. The van der Waals surface area contributed by atoms with Crippen LogP contribution in [0.2, 0.25) is 0 Å². The minimum absolute atomic E-state index is 1.14. The molecule has 0 atom stereocenters. The van der Waals surface area contributed by atoms with E-state index >= 15 is 0 Å². The van der Waals surface area contributed by atoms with Crippen molar-refractivity contribution in [3.8, 4) is 28.2 Å². The van der Waals surface area contributed by atoms with Gasteiger partial charge in [-0.3, -0.25) is 0 Å². The van der Waals surface area contributed by atoms with E-state index in [1.165, 1.54) is 93.0 Å². The van der Waals surface area contributed by atoms with Crippen molar-refractivity contribution in [3.05, 3.63) is 200 Å². The predicted octanol–water partition coefficient (Wildman–Crippen LogP) is 13.8. The molecule has 0 bridgehead atoms. The molecule has 3 nitrogen and oxygen atoms in total. The molecule has 0 saturated carbocycles. The summed E-state index contributed by atoms with van der Waals surface area (Å²) in [5.74, 6) is 0. The van der Waals surface area contributed by atoms with Crippen molar-refractivity contribution in [3.63, 3.8) is 0 Å². The molecule has 0 aliphatic rings. The molecule has 9 aromatic carbocycles. The largest absolute Gasteiger partial charge is 0.309 e. The van der Waals surface area contributed by atoms with Gasteiger partial charge in [0.25, 0.3) is 0 Å². The fourth-order valence-electron chi connectivity index (χ4n) is 9.23. The zero-order chi connectivity index (χ0) is 36.0. The van der Waals surface area contributed by atoms with Crippen LogP contribution >= 0.6 is 0 Å². The molecule has 12 aromatic rings. The Bertz CT molecular complexity index is 3460. The van der Waals surface area contributed by atoms with Crippen LogP contribution in [0.4, 0.5) is 0 Å². The lowest BCUT2D eigenvalue weighted by atomic mass is 10.0. The molecule has 256 valence electrons. The molecule has 3 aromatic heterocycles. The van der Waals surface area contributed by atoms with E-state index in [0.29, 0.717) is 0 Å². The molecule has 0 unspecified atom stereocenters. The first-order valence-electron chi connectivity index (χ1n) is 18.9. The van der Waals surface area contributed by atoms with Crippen molar-refractivity contribution in [1.29, 1.82) is 0 Å². The summed E-state index contributed by atoms with van der Waals surface area (Å²) >= 11 is 0. The first-order valence-corrected chi connectivity index (χ1v) is 18.9. The molecular weight excluding hydrogens is 667 g/mol. The van der Waals surface area contributed by atoms with Crippen LogP contribution in [0.1, 0.15) is 0 Å². The number of hydrogen-bond donors (Lipinski definition) is 0. The summed E-state index contributed by atoms with van der Waals surface area (Å²) in [7, 11) is 0. The van der Waals surface area contributed by atoms with E-state index in [1.54, 1.807) is 0 Å². The van der Waals surface area contributed by atoms with Gasteiger partial charge in [0, 0.05) is 49.1 Å². The molecule has 0 aliphatic carbocycles. The monoisotopic (exact) mass is 699 g/mol. The van der Waals surface area contributed by atoms with Gasteiger partial charge in [0.1, 0.15) is 0 Å². The van der Waals surface area contributed by atoms with Crippen molar-refractivity contribution in [2.45, 2.75) is 0 Å². The van der Waals surface area contributed by atoms with Crippen molar-refractivity contribution in [2.75, 3.05) is 0 Å². The molecule has 3 heterocycles. The molecule has 0 fully saturated rings. The fourth-order valence-corrected chi connectivity index (χ4v) is 9.23. The average Bonchev–Trinajstić information content (AvgIpc) is 3.89. The lowest BCUT2D eigenvalue weighted by molar-refractivity contribution is 1.15. The molecule has 0 N–H and O–H groups in total. The summed E-state index contributed by atoms with van der Waals surface area (Å²) in [5, 5.41) is 10.0. The lowest BCUT2D eigenvalue weighted by Gasteiger charge is -2.13. The number of fused-ring (bicyclic) bond motifs is 11. The molecule has 12 rings (SSSR count). The second-order valence-corrected chi connectivity index (χ2v) is 14.5. The third kappa shape index (κ3) is 4.32. The van der Waals surface area contributed by atoms with Gasteiger partial charge in [-0.2, -0.15) is 0 Å². The van der Waals surface area contributed by atoms with Crippen LogP contribution in [-0.4, -0.2) is 13.7 Å². The van der Waals surface area contributed by atoms with Gasteiger partial charge in [-0.15, -0.1) is 0 Å².